The number of aldehydes is 1. The van der Waals surface area contributed by atoms with Crippen molar-refractivity contribution in [2.75, 3.05) is 84.1 Å². The van der Waals surface area contributed by atoms with Crippen LogP contribution in [-0.2, 0) is 39.9 Å². The number of allylic oxidation sites excluding steroid dienone is 1. The van der Waals surface area contributed by atoms with E-state index >= 15 is 0 Å². The minimum Gasteiger partial charge on any atom is -0.495 e. The molecule has 0 aromatic heterocycles. The Kier molecular flexibility index (Phi) is 30.3. The summed E-state index contributed by atoms with van der Waals surface area (Å²) in [4.78, 5) is 79.3. The zero-order valence-electron chi connectivity index (χ0n) is 38.9. The Labute approximate surface area is 382 Å². The molecule has 1 aliphatic heterocycles. The van der Waals surface area contributed by atoms with Gasteiger partial charge in [-0.15, -0.1) is 0 Å². The summed E-state index contributed by atoms with van der Waals surface area (Å²) in [6, 6.07) is 9.91. The number of nitrogens with one attached hydrogen (secondary N) is 6. The molecule has 0 bridgehead atoms. The molecule has 20 nitrogen and oxygen atoms in total. The highest BCUT2D eigenvalue weighted by Gasteiger charge is 2.37. The lowest BCUT2D eigenvalue weighted by atomic mass is 10.1. The number of hydrogen-bond acceptors (Lipinski definition) is 14. The number of fused-ring (bicyclic) bond motifs is 1. The molecule has 1 atom stereocenters. The lowest BCUT2D eigenvalue weighted by molar-refractivity contribution is -0.129. The number of aliphatic imine (C=N–C) groups is 2. The van der Waals surface area contributed by atoms with Crippen LogP contribution in [0.4, 0.5) is 11.4 Å². The standard InChI is InChI=1S/C25H39N5O7.C16H20N4O3.C4H11N/c1-2-4-22(24(33)28-18-31)30-17-20-19(25(30)34)5-3-6-21(20)29-23(32)7-9-27-10-12-36-14-16-37-15-13-35-11-8-26;1-11(2)14(19-10-22)8-18-16(17-3)20-13-6-5-12(9-21)7-15(13)23-4;1-4(2)5-3/h3,5-6,18,22,27H,2,4,7-17,26H2,1H3,(H,29,32)(H,28,31,33);5-11H,3H2,1-2,4H3,(H,18,20)(H,19,22);4-5H,1-3H3/b;14-8+;. The second-order valence-electron chi connectivity index (χ2n) is 14.6. The van der Waals surface area contributed by atoms with Gasteiger partial charge in [-0.25, -0.2) is 9.98 Å². The van der Waals surface area contributed by atoms with Crippen LogP contribution in [0.3, 0.4) is 0 Å². The molecule has 0 saturated carbocycles. The maximum atomic E-state index is 13.0. The molecule has 0 spiro atoms. The summed E-state index contributed by atoms with van der Waals surface area (Å²) >= 11 is 0. The normalized spacial score (nSPS) is 12.5. The summed E-state index contributed by atoms with van der Waals surface area (Å²) in [6.07, 6.45) is 4.48. The summed E-state index contributed by atoms with van der Waals surface area (Å²) in [6.45, 7) is 18.2. The van der Waals surface area contributed by atoms with Crippen LogP contribution < -0.4 is 42.4 Å². The van der Waals surface area contributed by atoms with Crippen LogP contribution in [0.15, 0.2) is 58.3 Å². The Balaban J connectivity index is 0.000000641. The third kappa shape index (κ3) is 22.5. The Morgan fingerprint density at radius 3 is 2.14 bits per heavy atom. The molecular weight excluding hydrogens is 841 g/mol. The van der Waals surface area contributed by atoms with E-state index in [0.717, 1.165) is 6.29 Å². The maximum Gasteiger partial charge on any atom is 0.255 e. The minimum absolute atomic E-state index is 0.0939. The molecule has 2 aromatic carbocycles. The van der Waals surface area contributed by atoms with Gasteiger partial charge in [0.15, 0.2) is 0 Å². The first-order valence-electron chi connectivity index (χ1n) is 21.5. The number of anilines is 2. The van der Waals surface area contributed by atoms with Crippen molar-refractivity contribution < 1.29 is 47.7 Å². The first kappa shape index (κ1) is 57.1. The molecule has 5 amide bonds. The summed E-state index contributed by atoms with van der Waals surface area (Å²) < 4.78 is 21.3. The molecule has 65 heavy (non-hydrogen) atoms. The molecule has 0 radical (unpaired) electrons. The lowest BCUT2D eigenvalue weighted by Gasteiger charge is -2.25. The summed E-state index contributed by atoms with van der Waals surface area (Å²) in [5.74, 6) is -0.201. The van der Waals surface area contributed by atoms with Gasteiger partial charge in [0.1, 0.15) is 18.1 Å². The number of nitrogens with two attached hydrogens (primary N) is 1. The average Bonchev–Trinajstić information content (AvgIpc) is 3.64. The van der Waals surface area contributed by atoms with Gasteiger partial charge in [0.25, 0.3) is 5.91 Å². The van der Waals surface area contributed by atoms with E-state index in [9.17, 15) is 28.8 Å². The molecule has 1 unspecified atom stereocenters. The van der Waals surface area contributed by atoms with Gasteiger partial charge in [-0.2, -0.15) is 0 Å². The van der Waals surface area contributed by atoms with Gasteiger partial charge >= 0.3 is 0 Å². The van der Waals surface area contributed by atoms with E-state index in [1.807, 2.05) is 27.8 Å². The molecule has 3 rings (SSSR count). The molecule has 0 fully saturated rings. The zero-order valence-corrected chi connectivity index (χ0v) is 38.9. The number of nitrogens with zero attached hydrogens (tertiary/aromatic N) is 3. The Bertz CT molecular complexity index is 1840. The van der Waals surface area contributed by atoms with Crippen molar-refractivity contribution in [2.24, 2.45) is 21.6 Å². The number of hydrogen-bond donors (Lipinski definition) is 7. The zero-order chi connectivity index (χ0) is 48.4. The van der Waals surface area contributed by atoms with Gasteiger partial charge in [-0.3, -0.25) is 34.1 Å². The third-order valence-corrected chi connectivity index (χ3v) is 9.18. The van der Waals surface area contributed by atoms with Crippen molar-refractivity contribution in [3.05, 3.63) is 65.0 Å². The van der Waals surface area contributed by atoms with Crippen molar-refractivity contribution >= 4 is 60.9 Å². The highest BCUT2D eigenvalue weighted by Crippen LogP contribution is 2.32. The Morgan fingerprint density at radius 1 is 0.908 bits per heavy atom. The van der Waals surface area contributed by atoms with Gasteiger partial charge in [-0.05, 0) is 56.4 Å². The number of ether oxygens (including phenoxy) is 4. The number of methoxy groups -OCH3 is 1. The van der Waals surface area contributed by atoms with Crippen LogP contribution in [0, 0.1) is 5.92 Å². The summed E-state index contributed by atoms with van der Waals surface area (Å²) in [7, 11) is 3.45. The fraction of sp³-hybridized carbons (Fsp3) is 0.511. The summed E-state index contributed by atoms with van der Waals surface area (Å²) in [5.41, 5.74) is 8.71. The number of benzene rings is 2. The van der Waals surface area contributed by atoms with E-state index < -0.39 is 11.9 Å². The summed E-state index contributed by atoms with van der Waals surface area (Å²) in [5, 5.41) is 16.7. The second-order valence-corrected chi connectivity index (χ2v) is 14.6. The Hall–Kier alpha value is -5.90. The van der Waals surface area contributed by atoms with Crippen molar-refractivity contribution in [3.8, 4) is 5.75 Å². The molecule has 360 valence electrons. The molecule has 8 N–H and O–H groups in total. The molecular formula is C45H70N10O10. The van der Waals surface area contributed by atoms with E-state index in [1.54, 1.807) is 36.4 Å². The average molecular weight is 911 g/mol. The minimum atomic E-state index is -0.757. The van der Waals surface area contributed by atoms with Crippen LogP contribution in [0.25, 0.3) is 0 Å². The lowest BCUT2D eigenvalue weighted by Crippen LogP contribution is -2.46. The largest absolute Gasteiger partial charge is 0.495 e. The quantitative estimate of drug-likeness (QED) is 0.0280. The predicted octanol–water partition coefficient (Wildman–Crippen LogP) is 2.84. The SMILES string of the molecule is C=NC(=N/C=C(/NC=O)C(C)C)Nc1ccc(C=O)cc1OC.CCCC(C(=O)NC=O)N1Cc2c(NC(=O)CCNCCOCCOCCOCCN)cccc2C1=O.CNC(C)C. The number of carbonyl (C=O) groups is 6. The first-order chi connectivity index (χ1) is 31.3. The van der Waals surface area contributed by atoms with Crippen LogP contribution in [0.5, 0.6) is 5.75 Å². The third-order valence-electron chi connectivity index (χ3n) is 9.18. The molecule has 2 aromatic rings. The first-order valence-corrected chi connectivity index (χ1v) is 21.5. The molecule has 0 aliphatic carbocycles. The monoisotopic (exact) mass is 911 g/mol. The molecule has 0 saturated heterocycles. The van der Waals surface area contributed by atoms with E-state index in [0.29, 0.717) is 130 Å². The fourth-order valence-corrected chi connectivity index (χ4v) is 5.56. The van der Waals surface area contributed by atoms with Gasteiger partial charge < -0.3 is 56.2 Å². The number of guanidine groups is 1. The van der Waals surface area contributed by atoms with Crippen molar-refractivity contribution in [2.45, 2.75) is 72.5 Å². The highest BCUT2D eigenvalue weighted by atomic mass is 16.5. The van der Waals surface area contributed by atoms with Crippen molar-refractivity contribution in [1.82, 2.24) is 26.2 Å². The van der Waals surface area contributed by atoms with E-state index in [2.05, 4.69) is 62.5 Å². The van der Waals surface area contributed by atoms with Crippen LogP contribution in [-0.4, -0.2) is 140 Å². The van der Waals surface area contributed by atoms with Crippen LogP contribution >= 0.6 is 0 Å². The van der Waals surface area contributed by atoms with Crippen molar-refractivity contribution in [3.63, 3.8) is 0 Å². The predicted molar refractivity (Wildman–Crippen MR) is 252 cm³/mol. The van der Waals surface area contributed by atoms with Crippen LogP contribution in [0.1, 0.15) is 80.2 Å². The van der Waals surface area contributed by atoms with Gasteiger partial charge in [-0.1, -0.05) is 47.1 Å². The maximum absolute atomic E-state index is 13.0. The topological polar surface area (TPSA) is 265 Å². The number of carbonyl (C=O) groups excluding carboxylic acids is 6. The van der Waals surface area contributed by atoms with Gasteiger partial charge in [0.2, 0.25) is 30.6 Å². The number of imide groups is 1. The van der Waals surface area contributed by atoms with E-state index in [4.69, 9.17) is 24.7 Å². The molecule has 20 heteroatoms. The molecule has 1 aliphatic rings. The molecule has 1 heterocycles. The highest BCUT2D eigenvalue weighted by molar-refractivity contribution is 6.04. The Morgan fingerprint density at radius 2 is 1.57 bits per heavy atom. The number of amides is 5. The number of rotatable bonds is 28. The smallest absolute Gasteiger partial charge is 0.255 e. The van der Waals surface area contributed by atoms with Crippen molar-refractivity contribution in [1.29, 1.82) is 0 Å². The van der Waals surface area contributed by atoms with Gasteiger partial charge in [0, 0.05) is 66.7 Å². The van der Waals surface area contributed by atoms with Gasteiger partial charge in [0.05, 0.1) is 58.6 Å². The second kappa shape index (κ2) is 34.5. The van der Waals surface area contributed by atoms with E-state index in [1.165, 1.54) is 18.2 Å². The van der Waals surface area contributed by atoms with Crippen LogP contribution in [0.2, 0.25) is 0 Å². The van der Waals surface area contributed by atoms with E-state index in [-0.39, 0.29) is 36.7 Å². The fourth-order valence-electron chi connectivity index (χ4n) is 5.56.